The first kappa shape index (κ1) is 18.3. The van der Waals surface area contributed by atoms with Gasteiger partial charge >= 0.3 is 6.03 Å². The Labute approximate surface area is 133 Å². The lowest BCUT2D eigenvalue weighted by atomic mass is 10.1. The Morgan fingerprint density at radius 1 is 1.36 bits per heavy atom. The zero-order valence-electron chi connectivity index (χ0n) is 14.2. The van der Waals surface area contributed by atoms with Crippen molar-refractivity contribution < 1.29 is 14.6 Å². The number of urea groups is 1. The number of nitrogens with zero attached hydrogens (tertiary/aromatic N) is 1. The molecule has 1 aromatic carbocycles. The number of aryl methyl sites for hydroxylation is 1. The Balaban J connectivity index is 2.73. The van der Waals surface area contributed by atoms with Crippen molar-refractivity contribution in [3.8, 4) is 5.75 Å². The molecule has 22 heavy (non-hydrogen) atoms. The molecule has 0 aliphatic heterocycles. The monoisotopic (exact) mass is 308 g/mol. The minimum atomic E-state index is -0.550. The zero-order chi connectivity index (χ0) is 16.7. The Kier molecular flexibility index (Phi) is 7.18. The molecule has 2 N–H and O–H groups in total. The van der Waals surface area contributed by atoms with Crippen LogP contribution in [0.5, 0.6) is 5.75 Å². The van der Waals surface area contributed by atoms with Gasteiger partial charge in [0, 0.05) is 24.7 Å². The maximum absolute atomic E-state index is 12.3. The molecule has 0 saturated heterocycles. The van der Waals surface area contributed by atoms with Crippen LogP contribution >= 0.6 is 0 Å². The van der Waals surface area contributed by atoms with Crippen LogP contribution in [0.2, 0.25) is 0 Å². The number of aliphatic hydroxyl groups is 1. The lowest BCUT2D eigenvalue weighted by molar-refractivity contribution is 0.118. The number of rotatable bonds is 7. The molecule has 0 radical (unpaired) electrons. The molecule has 5 nitrogen and oxygen atoms in total. The van der Waals surface area contributed by atoms with Gasteiger partial charge in [-0.05, 0) is 46.2 Å². The third-order valence-corrected chi connectivity index (χ3v) is 3.30. The number of ether oxygens (including phenoxy) is 1. The number of carbonyl (C=O) groups is 1. The van der Waals surface area contributed by atoms with E-state index in [0.717, 1.165) is 16.9 Å². The largest absolute Gasteiger partial charge is 0.494 e. The third-order valence-electron chi connectivity index (χ3n) is 3.30. The van der Waals surface area contributed by atoms with E-state index in [9.17, 15) is 9.90 Å². The van der Waals surface area contributed by atoms with Gasteiger partial charge in [0.25, 0.3) is 0 Å². The van der Waals surface area contributed by atoms with Crippen molar-refractivity contribution in [1.82, 2.24) is 10.2 Å². The van der Waals surface area contributed by atoms with E-state index >= 15 is 0 Å². The fourth-order valence-corrected chi connectivity index (χ4v) is 2.18. The van der Waals surface area contributed by atoms with Crippen LogP contribution in [0.25, 0.3) is 0 Å². The van der Waals surface area contributed by atoms with Crippen molar-refractivity contribution in [2.24, 2.45) is 0 Å². The molecule has 2 amide bonds. The molecule has 0 saturated carbocycles. The van der Waals surface area contributed by atoms with Crippen molar-refractivity contribution in [3.05, 3.63) is 29.3 Å². The molecule has 0 heterocycles. The molecule has 0 aliphatic rings. The Morgan fingerprint density at radius 2 is 2.05 bits per heavy atom. The Hall–Kier alpha value is -1.75. The number of amides is 2. The van der Waals surface area contributed by atoms with Gasteiger partial charge in [0.1, 0.15) is 5.75 Å². The quantitative estimate of drug-likeness (QED) is 0.814. The highest BCUT2D eigenvalue weighted by Crippen LogP contribution is 2.20. The highest BCUT2D eigenvalue weighted by Gasteiger charge is 2.18. The summed E-state index contributed by atoms with van der Waals surface area (Å²) in [5.41, 5.74) is 2.07. The summed E-state index contributed by atoms with van der Waals surface area (Å²) in [5.74, 6) is 0.800. The van der Waals surface area contributed by atoms with E-state index in [4.69, 9.17) is 4.74 Å². The molecular weight excluding hydrogens is 280 g/mol. The first-order valence-corrected chi connectivity index (χ1v) is 7.80. The van der Waals surface area contributed by atoms with E-state index in [-0.39, 0.29) is 12.1 Å². The highest BCUT2D eigenvalue weighted by atomic mass is 16.5. The van der Waals surface area contributed by atoms with Gasteiger partial charge in [-0.15, -0.1) is 0 Å². The van der Waals surface area contributed by atoms with E-state index in [1.807, 2.05) is 45.9 Å². The van der Waals surface area contributed by atoms with Crippen LogP contribution < -0.4 is 10.1 Å². The summed E-state index contributed by atoms with van der Waals surface area (Å²) >= 11 is 0. The predicted octanol–water partition coefficient (Wildman–Crippen LogP) is 2.69. The van der Waals surface area contributed by atoms with E-state index < -0.39 is 6.10 Å². The number of hydrogen-bond acceptors (Lipinski definition) is 3. The summed E-state index contributed by atoms with van der Waals surface area (Å²) in [4.78, 5) is 13.9. The highest BCUT2D eigenvalue weighted by molar-refractivity contribution is 5.74. The molecule has 0 aromatic heterocycles. The van der Waals surface area contributed by atoms with E-state index in [1.54, 1.807) is 11.8 Å². The van der Waals surface area contributed by atoms with Crippen LogP contribution in [0.1, 0.15) is 38.8 Å². The number of hydrogen-bond donors (Lipinski definition) is 2. The molecule has 1 atom stereocenters. The second-order valence-electron chi connectivity index (χ2n) is 5.80. The van der Waals surface area contributed by atoms with Gasteiger partial charge in [0.15, 0.2) is 0 Å². The van der Waals surface area contributed by atoms with Crippen LogP contribution in [0.3, 0.4) is 0 Å². The zero-order valence-corrected chi connectivity index (χ0v) is 14.2. The molecule has 0 bridgehead atoms. The smallest absolute Gasteiger partial charge is 0.317 e. The van der Waals surface area contributed by atoms with Crippen LogP contribution in [0, 0.1) is 6.92 Å². The fraction of sp³-hybridized carbons (Fsp3) is 0.588. The van der Waals surface area contributed by atoms with Crippen LogP contribution in [-0.4, -0.2) is 41.3 Å². The van der Waals surface area contributed by atoms with Gasteiger partial charge in [0.2, 0.25) is 0 Å². The molecule has 124 valence electrons. The molecular formula is C17H28N2O3. The number of benzene rings is 1. The molecule has 0 aliphatic carbocycles. The van der Waals surface area contributed by atoms with Crippen LogP contribution in [0.15, 0.2) is 18.2 Å². The maximum atomic E-state index is 12.3. The summed E-state index contributed by atoms with van der Waals surface area (Å²) in [5, 5.41) is 12.4. The summed E-state index contributed by atoms with van der Waals surface area (Å²) < 4.78 is 5.62. The fourth-order valence-electron chi connectivity index (χ4n) is 2.18. The lowest BCUT2D eigenvalue weighted by Crippen LogP contribution is -2.46. The average Bonchev–Trinajstić information content (AvgIpc) is 2.43. The van der Waals surface area contributed by atoms with Crippen molar-refractivity contribution in [2.75, 3.05) is 13.2 Å². The number of aliphatic hydroxyl groups excluding tert-OH is 1. The maximum Gasteiger partial charge on any atom is 0.317 e. The van der Waals surface area contributed by atoms with Crippen LogP contribution in [-0.2, 0) is 6.54 Å². The normalized spacial score (nSPS) is 12.1. The van der Waals surface area contributed by atoms with E-state index in [1.165, 1.54) is 0 Å². The molecule has 5 heteroatoms. The summed E-state index contributed by atoms with van der Waals surface area (Å²) in [6.07, 6.45) is -0.550. The first-order valence-electron chi connectivity index (χ1n) is 7.80. The molecule has 1 aromatic rings. The van der Waals surface area contributed by atoms with E-state index in [2.05, 4.69) is 5.32 Å². The molecule has 1 rings (SSSR count). The standard InChI is InChI=1S/C17H28N2O3/c1-6-22-16-9-13(4)7-8-15(16)10-18-17(21)19(12(2)3)11-14(5)20/h7-9,12,14,20H,6,10-11H2,1-5H3,(H,18,21). The van der Waals surface area contributed by atoms with Crippen molar-refractivity contribution >= 4 is 6.03 Å². The predicted molar refractivity (Wildman–Crippen MR) is 88.1 cm³/mol. The van der Waals surface area contributed by atoms with Gasteiger partial charge < -0.3 is 20.1 Å². The van der Waals surface area contributed by atoms with Crippen molar-refractivity contribution in [1.29, 1.82) is 0 Å². The third kappa shape index (κ3) is 5.56. The van der Waals surface area contributed by atoms with Crippen molar-refractivity contribution in [2.45, 2.75) is 53.3 Å². The Morgan fingerprint density at radius 3 is 2.59 bits per heavy atom. The van der Waals surface area contributed by atoms with Gasteiger partial charge in [0.05, 0.1) is 12.7 Å². The van der Waals surface area contributed by atoms with Crippen molar-refractivity contribution in [3.63, 3.8) is 0 Å². The van der Waals surface area contributed by atoms with E-state index in [0.29, 0.717) is 19.7 Å². The van der Waals surface area contributed by atoms with Gasteiger partial charge in [-0.25, -0.2) is 4.79 Å². The molecule has 0 spiro atoms. The minimum absolute atomic E-state index is 0.0268. The summed E-state index contributed by atoms with van der Waals surface area (Å²) in [6, 6.07) is 5.79. The van der Waals surface area contributed by atoms with Gasteiger partial charge in [-0.1, -0.05) is 12.1 Å². The van der Waals surface area contributed by atoms with Gasteiger partial charge in [-0.3, -0.25) is 0 Å². The number of nitrogens with one attached hydrogen (secondary N) is 1. The van der Waals surface area contributed by atoms with Gasteiger partial charge in [-0.2, -0.15) is 0 Å². The topological polar surface area (TPSA) is 61.8 Å². The lowest BCUT2D eigenvalue weighted by Gasteiger charge is -2.28. The summed E-state index contributed by atoms with van der Waals surface area (Å²) in [7, 11) is 0. The summed E-state index contributed by atoms with van der Waals surface area (Å²) in [6.45, 7) is 10.8. The minimum Gasteiger partial charge on any atom is -0.494 e. The molecule has 0 fully saturated rings. The number of carbonyl (C=O) groups excluding carboxylic acids is 1. The van der Waals surface area contributed by atoms with Crippen LogP contribution in [0.4, 0.5) is 4.79 Å². The Bertz CT molecular complexity index is 487. The SMILES string of the molecule is CCOc1cc(C)ccc1CNC(=O)N(CC(C)O)C(C)C. The second-order valence-corrected chi connectivity index (χ2v) is 5.80. The second kappa shape index (κ2) is 8.63. The average molecular weight is 308 g/mol. The molecule has 1 unspecified atom stereocenters. The first-order chi connectivity index (χ1) is 10.3.